The van der Waals surface area contributed by atoms with Crippen molar-refractivity contribution in [1.29, 1.82) is 0 Å². The fraction of sp³-hybridized carbons (Fsp3) is 0.286. The quantitative estimate of drug-likeness (QED) is 0.714. The molecule has 1 nitrogen and oxygen atoms in total. The molecule has 1 N–H and O–H groups in total. The fourth-order valence-electron chi connectivity index (χ4n) is 1.94. The van der Waals surface area contributed by atoms with Gasteiger partial charge in [0.15, 0.2) is 0 Å². The topological polar surface area (TPSA) is 12.0 Å². The van der Waals surface area contributed by atoms with Crippen LogP contribution >= 0.6 is 43.2 Å². The van der Waals surface area contributed by atoms with E-state index >= 15 is 0 Å². The molecule has 0 spiro atoms. The van der Waals surface area contributed by atoms with Crippen molar-refractivity contribution >= 4 is 43.2 Å². The van der Waals surface area contributed by atoms with Crippen LogP contribution in [0.2, 0.25) is 0 Å². The second-order valence-electron chi connectivity index (χ2n) is 4.19. The highest BCUT2D eigenvalue weighted by Crippen LogP contribution is 2.36. The Bertz CT molecular complexity index is 563. The largest absolute Gasteiger partial charge is 0.306 e. The van der Waals surface area contributed by atoms with Crippen molar-refractivity contribution < 1.29 is 4.39 Å². The summed E-state index contributed by atoms with van der Waals surface area (Å²) in [5, 5.41) is 3.42. The summed E-state index contributed by atoms with van der Waals surface area (Å²) in [5.41, 5.74) is 0.926. The lowest BCUT2D eigenvalue weighted by Gasteiger charge is -2.18. The molecule has 0 saturated heterocycles. The first-order valence-electron chi connectivity index (χ1n) is 5.97. The fourth-order valence-corrected chi connectivity index (χ4v) is 4.08. The minimum absolute atomic E-state index is 0.00470. The first kappa shape index (κ1) is 15.2. The number of hydrogen-bond acceptors (Lipinski definition) is 2. The van der Waals surface area contributed by atoms with E-state index in [-0.39, 0.29) is 11.9 Å². The van der Waals surface area contributed by atoms with Crippen LogP contribution in [0.1, 0.15) is 28.3 Å². The molecule has 2 rings (SSSR count). The van der Waals surface area contributed by atoms with E-state index in [4.69, 9.17) is 0 Å². The Hall–Kier alpha value is -0.230. The molecule has 19 heavy (non-hydrogen) atoms. The predicted molar refractivity (Wildman–Crippen MR) is 86.4 cm³/mol. The molecule has 0 radical (unpaired) electrons. The van der Waals surface area contributed by atoms with E-state index < -0.39 is 0 Å². The Morgan fingerprint density at radius 3 is 2.68 bits per heavy atom. The van der Waals surface area contributed by atoms with Gasteiger partial charge < -0.3 is 5.32 Å². The molecule has 5 heteroatoms. The van der Waals surface area contributed by atoms with Gasteiger partial charge in [-0.2, -0.15) is 0 Å². The molecule has 2 aromatic rings. The van der Waals surface area contributed by atoms with Crippen LogP contribution in [-0.4, -0.2) is 6.54 Å². The van der Waals surface area contributed by atoms with E-state index in [1.807, 2.05) is 6.07 Å². The summed E-state index contributed by atoms with van der Waals surface area (Å²) in [5.74, 6) is -0.229. The Labute approximate surface area is 133 Å². The molecule has 1 aromatic heterocycles. The average molecular weight is 407 g/mol. The second-order valence-corrected chi connectivity index (χ2v) is 7.12. The van der Waals surface area contributed by atoms with Gasteiger partial charge in [0.25, 0.3) is 0 Å². The zero-order valence-electron chi connectivity index (χ0n) is 10.6. The third kappa shape index (κ3) is 3.27. The Balaban J connectivity index is 2.48. The third-order valence-corrected chi connectivity index (χ3v) is 5.90. The number of thiophene rings is 1. The maximum absolute atomic E-state index is 13.7. The number of benzene rings is 1. The number of rotatable bonds is 4. The number of hydrogen-bond donors (Lipinski definition) is 1. The number of nitrogens with one attached hydrogen (secondary N) is 1. The predicted octanol–water partition coefficient (Wildman–Crippen LogP) is 5.42. The van der Waals surface area contributed by atoms with Crippen molar-refractivity contribution in [2.75, 3.05) is 6.54 Å². The molecule has 1 unspecified atom stereocenters. The molecule has 1 aromatic carbocycles. The highest BCUT2D eigenvalue weighted by molar-refractivity contribution is 9.10. The van der Waals surface area contributed by atoms with E-state index in [1.54, 1.807) is 17.4 Å². The van der Waals surface area contributed by atoms with Crippen LogP contribution in [0.25, 0.3) is 0 Å². The first-order chi connectivity index (χ1) is 9.04. The van der Waals surface area contributed by atoms with Gasteiger partial charge in [0.05, 0.1) is 10.5 Å². The standard InChI is InChI=1S/C14H14Br2FNS/c1-3-18-14(12-7-10(15)8(2)19-12)9-5-4-6-11(17)13(9)16/h4-7,14,18H,3H2,1-2H3. The Kier molecular flexibility index (Phi) is 5.17. The van der Waals surface area contributed by atoms with Crippen molar-refractivity contribution in [2.24, 2.45) is 0 Å². The van der Waals surface area contributed by atoms with Crippen molar-refractivity contribution in [2.45, 2.75) is 19.9 Å². The smallest absolute Gasteiger partial charge is 0.137 e. The van der Waals surface area contributed by atoms with Gasteiger partial charge >= 0.3 is 0 Å². The zero-order chi connectivity index (χ0) is 14.0. The number of aryl methyl sites for hydroxylation is 1. The molecule has 0 amide bonds. The van der Waals surface area contributed by atoms with E-state index in [0.29, 0.717) is 4.47 Å². The first-order valence-corrected chi connectivity index (χ1v) is 8.38. The SMILES string of the molecule is CCNC(c1cc(Br)c(C)s1)c1cccc(F)c1Br. The molecule has 0 bridgehead atoms. The van der Waals surface area contributed by atoms with Crippen LogP contribution in [0, 0.1) is 12.7 Å². The van der Waals surface area contributed by atoms with Crippen molar-refractivity contribution in [3.63, 3.8) is 0 Å². The molecule has 0 aliphatic heterocycles. The zero-order valence-corrected chi connectivity index (χ0v) is 14.6. The minimum Gasteiger partial charge on any atom is -0.306 e. The summed E-state index contributed by atoms with van der Waals surface area (Å²) in [6.07, 6.45) is 0. The normalized spacial score (nSPS) is 12.7. The molecule has 0 saturated carbocycles. The van der Waals surface area contributed by atoms with Crippen LogP contribution in [0.5, 0.6) is 0 Å². The molecule has 102 valence electrons. The van der Waals surface area contributed by atoms with Gasteiger partial charge in [-0.05, 0) is 63.0 Å². The lowest BCUT2D eigenvalue weighted by atomic mass is 10.1. The maximum Gasteiger partial charge on any atom is 0.137 e. The monoisotopic (exact) mass is 405 g/mol. The minimum atomic E-state index is -0.229. The highest BCUT2D eigenvalue weighted by atomic mass is 79.9. The molecule has 1 heterocycles. The van der Waals surface area contributed by atoms with E-state index in [1.165, 1.54) is 15.8 Å². The van der Waals surface area contributed by atoms with Gasteiger partial charge in [-0.1, -0.05) is 19.1 Å². The molecule has 0 aliphatic carbocycles. The lowest BCUT2D eigenvalue weighted by molar-refractivity contribution is 0.599. The van der Waals surface area contributed by atoms with Crippen molar-refractivity contribution in [1.82, 2.24) is 5.32 Å². The van der Waals surface area contributed by atoms with Gasteiger partial charge in [0.1, 0.15) is 5.82 Å². The lowest BCUT2D eigenvalue weighted by Crippen LogP contribution is -2.21. The molecular formula is C14H14Br2FNS. The van der Waals surface area contributed by atoms with Crippen LogP contribution in [-0.2, 0) is 0 Å². The van der Waals surface area contributed by atoms with Crippen LogP contribution in [0.4, 0.5) is 4.39 Å². The van der Waals surface area contributed by atoms with Crippen LogP contribution in [0.3, 0.4) is 0 Å². The summed E-state index contributed by atoms with van der Waals surface area (Å²) in [6.45, 7) is 4.94. The van der Waals surface area contributed by atoms with Gasteiger partial charge in [-0.3, -0.25) is 0 Å². The summed E-state index contributed by atoms with van der Waals surface area (Å²) in [7, 11) is 0. The van der Waals surface area contributed by atoms with Crippen LogP contribution < -0.4 is 5.32 Å². The van der Waals surface area contributed by atoms with Gasteiger partial charge in [-0.15, -0.1) is 11.3 Å². The van der Waals surface area contributed by atoms with E-state index in [0.717, 1.165) is 16.6 Å². The molecular weight excluding hydrogens is 393 g/mol. The highest BCUT2D eigenvalue weighted by Gasteiger charge is 2.20. The average Bonchev–Trinajstić information content (AvgIpc) is 2.70. The van der Waals surface area contributed by atoms with Gasteiger partial charge in [0, 0.05) is 14.2 Å². The summed E-state index contributed by atoms with van der Waals surface area (Å²) in [6, 6.07) is 7.26. The summed E-state index contributed by atoms with van der Waals surface area (Å²) < 4.78 is 15.3. The Morgan fingerprint density at radius 1 is 1.37 bits per heavy atom. The van der Waals surface area contributed by atoms with Crippen molar-refractivity contribution in [3.8, 4) is 0 Å². The summed E-state index contributed by atoms with van der Waals surface area (Å²) >= 11 is 8.61. The van der Waals surface area contributed by atoms with E-state index in [2.05, 4.69) is 57.1 Å². The van der Waals surface area contributed by atoms with Crippen molar-refractivity contribution in [3.05, 3.63) is 54.3 Å². The van der Waals surface area contributed by atoms with Gasteiger partial charge in [-0.25, -0.2) is 4.39 Å². The molecule has 0 aliphatic rings. The molecule has 0 fully saturated rings. The Morgan fingerprint density at radius 2 is 2.11 bits per heavy atom. The third-order valence-electron chi connectivity index (χ3n) is 2.86. The van der Waals surface area contributed by atoms with Crippen LogP contribution in [0.15, 0.2) is 33.2 Å². The molecule has 1 atom stereocenters. The second kappa shape index (κ2) is 6.48. The van der Waals surface area contributed by atoms with Gasteiger partial charge in [0.2, 0.25) is 0 Å². The maximum atomic E-state index is 13.7. The number of halogens is 3. The van der Waals surface area contributed by atoms with E-state index in [9.17, 15) is 4.39 Å². The summed E-state index contributed by atoms with van der Waals surface area (Å²) in [4.78, 5) is 2.41.